The van der Waals surface area contributed by atoms with E-state index < -0.39 is 0 Å². The Labute approximate surface area is 114 Å². The Morgan fingerprint density at radius 2 is 2.33 bits per heavy atom. The van der Waals surface area contributed by atoms with E-state index in [2.05, 4.69) is 0 Å². The number of ether oxygens (including phenoxy) is 2. The van der Waals surface area contributed by atoms with Crippen LogP contribution in [0.15, 0.2) is 0 Å². The number of nitrogens with zero attached hydrogens (tertiary/aromatic N) is 1. The van der Waals surface area contributed by atoms with Gasteiger partial charge in [0.25, 0.3) is 0 Å². The van der Waals surface area contributed by atoms with Crippen LogP contribution in [0.5, 0.6) is 0 Å². The third kappa shape index (κ3) is 6.28. The number of carbonyl (C=O) groups excluding carboxylic acids is 1. The quantitative estimate of drug-likeness (QED) is 0.521. The summed E-state index contributed by atoms with van der Waals surface area (Å²) in [6.45, 7) is 2.43. The monoisotopic (exact) mass is 274 g/mol. The number of hydrogen-bond donors (Lipinski definition) is 1. The summed E-state index contributed by atoms with van der Waals surface area (Å²) in [5.74, 6) is 0.0543. The van der Waals surface area contributed by atoms with E-state index in [-0.39, 0.29) is 12.0 Å². The fourth-order valence-electron chi connectivity index (χ4n) is 1.74. The van der Waals surface area contributed by atoms with E-state index >= 15 is 0 Å². The van der Waals surface area contributed by atoms with E-state index in [0.717, 1.165) is 19.4 Å². The molecule has 2 N–H and O–H groups in total. The summed E-state index contributed by atoms with van der Waals surface area (Å²) >= 11 is 4.77. The van der Waals surface area contributed by atoms with Crippen molar-refractivity contribution in [2.75, 3.05) is 33.4 Å². The van der Waals surface area contributed by atoms with Gasteiger partial charge in [-0.25, -0.2) is 0 Å². The molecule has 0 radical (unpaired) electrons. The number of nitrogens with two attached hydrogens (primary N) is 1. The number of amides is 1. The zero-order chi connectivity index (χ0) is 13.4. The lowest BCUT2D eigenvalue weighted by molar-refractivity contribution is -0.131. The molecule has 0 aromatic heterocycles. The van der Waals surface area contributed by atoms with Crippen molar-refractivity contribution < 1.29 is 14.3 Å². The Hall–Kier alpha value is -0.720. The molecule has 0 aliphatic carbocycles. The number of rotatable bonds is 8. The lowest BCUT2D eigenvalue weighted by atomic mass is 10.2. The largest absolute Gasteiger partial charge is 0.393 e. The van der Waals surface area contributed by atoms with E-state index in [1.165, 1.54) is 0 Å². The van der Waals surface area contributed by atoms with Gasteiger partial charge in [0.15, 0.2) is 0 Å². The highest BCUT2D eigenvalue weighted by Crippen LogP contribution is 2.11. The van der Waals surface area contributed by atoms with Crippen LogP contribution in [-0.2, 0) is 14.3 Å². The van der Waals surface area contributed by atoms with Gasteiger partial charge in [0.1, 0.15) is 0 Å². The molecule has 0 aromatic carbocycles. The Bertz CT molecular complexity index is 280. The summed E-state index contributed by atoms with van der Waals surface area (Å²) in [6, 6.07) is 0. The molecule has 0 saturated carbocycles. The summed E-state index contributed by atoms with van der Waals surface area (Å²) < 4.78 is 10.9. The van der Waals surface area contributed by atoms with Gasteiger partial charge in [-0.15, -0.1) is 0 Å². The molecule has 1 fully saturated rings. The molecular weight excluding hydrogens is 252 g/mol. The van der Waals surface area contributed by atoms with Crippen LogP contribution >= 0.6 is 12.2 Å². The third-order valence-electron chi connectivity index (χ3n) is 2.91. The highest BCUT2D eigenvalue weighted by Gasteiger charge is 2.15. The minimum atomic E-state index is 0.0543. The number of carbonyl (C=O) groups is 1. The smallest absolute Gasteiger partial charge is 0.224 e. The molecule has 1 rings (SSSR count). The minimum Gasteiger partial charge on any atom is -0.393 e. The van der Waals surface area contributed by atoms with Crippen molar-refractivity contribution in [3.05, 3.63) is 0 Å². The molecular formula is C12H22N2O3S. The second-order valence-corrected chi connectivity index (χ2v) is 5.02. The van der Waals surface area contributed by atoms with Crippen molar-refractivity contribution in [1.29, 1.82) is 0 Å². The van der Waals surface area contributed by atoms with E-state index in [1.54, 1.807) is 11.9 Å². The van der Waals surface area contributed by atoms with E-state index in [0.29, 0.717) is 37.6 Å². The fraction of sp³-hybridized carbons (Fsp3) is 0.833. The minimum absolute atomic E-state index is 0.0543. The first-order chi connectivity index (χ1) is 8.59. The molecule has 5 nitrogen and oxygen atoms in total. The van der Waals surface area contributed by atoms with Crippen molar-refractivity contribution in [3.8, 4) is 0 Å². The third-order valence-corrected chi connectivity index (χ3v) is 3.11. The van der Waals surface area contributed by atoms with Crippen molar-refractivity contribution in [2.24, 2.45) is 5.73 Å². The van der Waals surface area contributed by atoms with E-state index in [1.807, 2.05) is 0 Å². The maximum absolute atomic E-state index is 11.7. The van der Waals surface area contributed by atoms with Crippen LogP contribution in [0.25, 0.3) is 0 Å². The summed E-state index contributed by atoms with van der Waals surface area (Å²) in [5, 5.41) is 0. The standard InChI is InChI=1S/C12H22N2O3S/c1-14(6-4-11(13)18)12(15)5-8-16-9-10-3-2-7-17-10/h10H,2-9H2,1H3,(H2,13,18). The fourth-order valence-corrected chi connectivity index (χ4v) is 1.83. The van der Waals surface area contributed by atoms with E-state index in [9.17, 15) is 4.79 Å². The zero-order valence-electron chi connectivity index (χ0n) is 10.9. The zero-order valence-corrected chi connectivity index (χ0v) is 11.7. The van der Waals surface area contributed by atoms with Crippen molar-refractivity contribution in [2.45, 2.75) is 31.8 Å². The normalized spacial score (nSPS) is 18.8. The van der Waals surface area contributed by atoms with Gasteiger partial charge < -0.3 is 20.1 Å². The first-order valence-electron chi connectivity index (χ1n) is 6.31. The number of thiocarbonyl (C=S) groups is 1. The number of hydrogen-bond acceptors (Lipinski definition) is 4. The SMILES string of the molecule is CN(CCC(N)=S)C(=O)CCOCC1CCCO1. The first-order valence-corrected chi connectivity index (χ1v) is 6.72. The molecule has 0 spiro atoms. The van der Waals surface area contributed by atoms with Gasteiger partial charge >= 0.3 is 0 Å². The van der Waals surface area contributed by atoms with Crippen LogP contribution in [-0.4, -0.2) is 55.3 Å². The van der Waals surface area contributed by atoms with Gasteiger partial charge in [0, 0.05) is 26.6 Å². The lowest BCUT2D eigenvalue weighted by Crippen LogP contribution is -2.31. The summed E-state index contributed by atoms with van der Waals surface area (Å²) in [7, 11) is 1.75. The average molecular weight is 274 g/mol. The lowest BCUT2D eigenvalue weighted by Gasteiger charge is -2.17. The average Bonchev–Trinajstić information content (AvgIpc) is 2.84. The van der Waals surface area contributed by atoms with Gasteiger partial charge in [-0.05, 0) is 12.8 Å². The van der Waals surface area contributed by atoms with Gasteiger partial charge in [0.2, 0.25) is 5.91 Å². The van der Waals surface area contributed by atoms with Crippen molar-refractivity contribution >= 4 is 23.1 Å². The summed E-state index contributed by atoms with van der Waals surface area (Å²) in [4.78, 5) is 13.8. The predicted octanol–water partition coefficient (Wildman–Crippen LogP) is 0.707. The highest BCUT2D eigenvalue weighted by atomic mass is 32.1. The summed E-state index contributed by atoms with van der Waals surface area (Å²) in [5.41, 5.74) is 5.39. The molecule has 1 aliphatic heterocycles. The molecule has 1 amide bonds. The molecule has 1 atom stereocenters. The Balaban J connectivity index is 2.02. The second-order valence-electron chi connectivity index (χ2n) is 4.49. The molecule has 1 saturated heterocycles. The van der Waals surface area contributed by atoms with Gasteiger partial charge in [0.05, 0.1) is 30.7 Å². The molecule has 1 unspecified atom stereocenters. The van der Waals surface area contributed by atoms with Crippen LogP contribution in [0.2, 0.25) is 0 Å². The Morgan fingerprint density at radius 3 is 2.94 bits per heavy atom. The highest BCUT2D eigenvalue weighted by molar-refractivity contribution is 7.80. The van der Waals surface area contributed by atoms with Crippen LogP contribution in [0.1, 0.15) is 25.7 Å². The van der Waals surface area contributed by atoms with Crippen LogP contribution in [0.4, 0.5) is 0 Å². The molecule has 0 aromatic rings. The van der Waals surface area contributed by atoms with E-state index in [4.69, 9.17) is 27.4 Å². The maximum Gasteiger partial charge on any atom is 0.224 e. The summed E-state index contributed by atoms with van der Waals surface area (Å²) in [6.07, 6.45) is 3.33. The molecule has 18 heavy (non-hydrogen) atoms. The molecule has 104 valence electrons. The first kappa shape index (κ1) is 15.3. The van der Waals surface area contributed by atoms with Gasteiger partial charge in [-0.3, -0.25) is 4.79 Å². The van der Waals surface area contributed by atoms with Crippen LogP contribution in [0, 0.1) is 0 Å². The molecule has 6 heteroatoms. The predicted molar refractivity (Wildman–Crippen MR) is 73.4 cm³/mol. The van der Waals surface area contributed by atoms with Gasteiger partial charge in [-0.1, -0.05) is 12.2 Å². The van der Waals surface area contributed by atoms with Crippen LogP contribution < -0.4 is 5.73 Å². The topological polar surface area (TPSA) is 64.8 Å². The maximum atomic E-state index is 11.7. The van der Waals surface area contributed by atoms with Crippen molar-refractivity contribution in [3.63, 3.8) is 0 Å². The molecule has 1 aliphatic rings. The van der Waals surface area contributed by atoms with Gasteiger partial charge in [-0.2, -0.15) is 0 Å². The molecule has 0 bridgehead atoms. The Kier molecular flexibility index (Phi) is 7.15. The molecule has 1 heterocycles. The van der Waals surface area contributed by atoms with Crippen molar-refractivity contribution in [1.82, 2.24) is 4.90 Å². The van der Waals surface area contributed by atoms with Crippen LogP contribution in [0.3, 0.4) is 0 Å². The second kappa shape index (κ2) is 8.39. The Morgan fingerprint density at radius 1 is 1.56 bits per heavy atom.